The molecular weight excluding hydrogens is 312 g/mol. The largest absolute Gasteiger partial charge is 0.385 e. The summed E-state index contributed by atoms with van der Waals surface area (Å²) in [5, 5.41) is 10.8. The van der Waals surface area contributed by atoms with E-state index in [1.54, 1.807) is 0 Å². The van der Waals surface area contributed by atoms with E-state index in [1.807, 2.05) is 29.2 Å². The van der Waals surface area contributed by atoms with Crippen molar-refractivity contribution in [3.63, 3.8) is 0 Å². The minimum absolute atomic E-state index is 0.139. The Morgan fingerprint density at radius 1 is 0.920 bits per heavy atom. The fraction of sp³-hybridized carbons (Fsp3) is 0.667. The molecule has 2 aliphatic carbocycles. The highest BCUT2D eigenvalue weighted by Crippen LogP contribution is 2.37. The molecule has 3 aliphatic rings. The van der Waals surface area contributed by atoms with Crippen LogP contribution in [0.5, 0.6) is 0 Å². The van der Waals surface area contributed by atoms with Gasteiger partial charge in [-0.15, -0.1) is 0 Å². The predicted octanol–water partition coefficient (Wildman–Crippen LogP) is 3.15. The molecule has 1 heterocycles. The third-order valence-electron chi connectivity index (χ3n) is 6.23. The first kappa shape index (κ1) is 17.0. The topological polar surface area (TPSA) is 43.8 Å². The van der Waals surface area contributed by atoms with Gasteiger partial charge in [-0.25, -0.2) is 0 Å². The molecule has 0 unspecified atom stereocenters. The molecule has 0 radical (unpaired) electrons. The van der Waals surface area contributed by atoms with E-state index in [2.05, 4.69) is 4.90 Å². The molecule has 1 aromatic carbocycles. The van der Waals surface area contributed by atoms with Gasteiger partial charge in [0, 0.05) is 37.8 Å². The third-order valence-corrected chi connectivity index (χ3v) is 6.23. The van der Waals surface area contributed by atoms with Crippen molar-refractivity contribution in [2.45, 2.75) is 63.0 Å². The molecule has 0 aromatic heterocycles. The molecule has 0 spiro atoms. The Labute approximate surface area is 150 Å². The lowest BCUT2D eigenvalue weighted by molar-refractivity contribution is -0.000658. The summed E-state index contributed by atoms with van der Waals surface area (Å²) in [6, 6.07) is 8.53. The molecule has 25 heavy (non-hydrogen) atoms. The zero-order valence-corrected chi connectivity index (χ0v) is 15.1. The highest BCUT2D eigenvalue weighted by Gasteiger charge is 2.32. The summed E-state index contributed by atoms with van der Waals surface area (Å²) in [5.74, 6) is 0.139. The fourth-order valence-electron chi connectivity index (χ4n) is 4.48. The quantitative estimate of drug-likeness (QED) is 0.918. The molecule has 1 aromatic rings. The standard InChI is InChI=1S/C21H30N2O2/c24-20(23-14-4-13-22(15-16-23)19-9-10-19)17-5-7-18(8-6-17)21(25)11-2-1-3-12-21/h5-8,19,25H,1-4,9-16H2. The summed E-state index contributed by atoms with van der Waals surface area (Å²) in [6.45, 7) is 3.82. The van der Waals surface area contributed by atoms with E-state index in [9.17, 15) is 9.90 Å². The Morgan fingerprint density at radius 3 is 2.32 bits per heavy atom. The second-order valence-corrected chi connectivity index (χ2v) is 8.08. The zero-order chi connectivity index (χ0) is 17.3. The SMILES string of the molecule is O=C(c1ccc(C2(O)CCCCC2)cc1)N1CCCN(C2CC2)CC1. The lowest BCUT2D eigenvalue weighted by atomic mass is 9.79. The van der Waals surface area contributed by atoms with Gasteiger partial charge in [0.15, 0.2) is 0 Å². The maximum Gasteiger partial charge on any atom is 0.253 e. The Morgan fingerprint density at radius 2 is 1.64 bits per heavy atom. The summed E-state index contributed by atoms with van der Waals surface area (Å²) < 4.78 is 0. The molecule has 4 rings (SSSR count). The molecule has 0 atom stereocenters. The van der Waals surface area contributed by atoms with Crippen LogP contribution in [0, 0.1) is 0 Å². The molecule has 3 fully saturated rings. The molecule has 1 N–H and O–H groups in total. The van der Waals surface area contributed by atoms with E-state index in [0.717, 1.165) is 75.5 Å². The van der Waals surface area contributed by atoms with Crippen LogP contribution in [0.15, 0.2) is 24.3 Å². The van der Waals surface area contributed by atoms with Crippen molar-refractivity contribution in [1.82, 2.24) is 9.80 Å². The average molecular weight is 342 g/mol. The Hall–Kier alpha value is -1.39. The molecule has 1 amide bonds. The minimum atomic E-state index is -0.687. The lowest BCUT2D eigenvalue weighted by Crippen LogP contribution is -2.35. The van der Waals surface area contributed by atoms with Gasteiger partial charge in [0.25, 0.3) is 5.91 Å². The van der Waals surface area contributed by atoms with Gasteiger partial charge < -0.3 is 10.0 Å². The number of hydrogen-bond donors (Lipinski definition) is 1. The van der Waals surface area contributed by atoms with Crippen molar-refractivity contribution in [2.24, 2.45) is 0 Å². The number of benzene rings is 1. The third kappa shape index (κ3) is 3.75. The number of aliphatic hydroxyl groups is 1. The number of hydrogen-bond acceptors (Lipinski definition) is 3. The Kier molecular flexibility index (Phi) is 4.83. The van der Waals surface area contributed by atoms with Gasteiger partial charge in [-0.3, -0.25) is 9.69 Å². The number of carbonyl (C=O) groups excluding carboxylic acids is 1. The van der Waals surface area contributed by atoms with Crippen molar-refractivity contribution < 1.29 is 9.90 Å². The highest BCUT2D eigenvalue weighted by atomic mass is 16.3. The van der Waals surface area contributed by atoms with Crippen LogP contribution >= 0.6 is 0 Å². The first-order valence-corrected chi connectivity index (χ1v) is 10.0. The Bertz CT molecular complexity index is 603. The van der Waals surface area contributed by atoms with Crippen molar-refractivity contribution in [3.8, 4) is 0 Å². The van der Waals surface area contributed by atoms with E-state index in [1.165, 1.54) is 19.3 Å². The molecule has 0 bridgehead atoms. The van der Waals surface area contributed by atoms with Gasteiger partial charge in [-0.2, -0.15) is 0 Å². The van der Waals surface area contributed by atoms with Gasteiger partial charge >= 0.3 is 0 Å². The molecule has 4 nitrogen and oxygen atoms in total. The van der Waals surface area contributed by atoms with Crippen LogP contribution in [-0.4, -0.2) is 53.0 Å². The summed E-state index contributed by atoms with van der Waals surface area (Å²) in [6.07, 6.45) is 8.79. The van der Waals surface area contributed by atoms with Gasteiger partial charge in [-0.05, 0) is 49.8 Å². The van der Waals surface area contributed by atoms with Crippen molar-refractivity contribution in [2.75, 3.05) is 26.2 Å². The van der Waals surface area contributed by atoms with Crippen molar-refractivity contribution in [1.29, 1.82) is 0 Å². The smallest absolute Gasteiger partial charge is 0.253 e. The zero-order valence-electron chi connectivity index (χ0n) is 15.1. The number of amides is 1. The molecular formula is C21H30N2O2. The second kappa shape index (κ2) is 7.08. The number of carbonyl (C=O) groups is 1. The van der Waals surface area contributed by atoms with Crippen LogP contribution in [0.4, 0.5) is 0 Å². The van der Waals surface area contributed by atoms with Crippen LogP contribution in [-0.2, 0) is 5.60 Å². The van der Waals surface area contributed by atoms with E-state index in [-0.39, 0.29) is 5.91 Å². The molecule has 2 saturated carbocycles. The monoisotopic (exact) mass is 342 g/mol. The number of nitrogens with zero attached hydrogens (tertiary/aromatic N) is 2. The van der Waals surface area contributed by atoms with Crippen molar-refractivity contribution in [3.05, 3.63) is 35.4 Å². The highest BCUT2D eigenvalue weighted by molar-refractivity contribution is 5.94. The van der Waals surface area contributed by atoms with Crippen LogP contribution in [0.2, 0.25) is 0 Å². The molecule has 1 aliphatic heterocycles. The van der Waals surface area contributed by atoms with Gasteiger partial charge in [0.05, 0.1) is 5.60 Å². The van der Waals surface area contributed by atoms with Gasteiger partial charge in [-0.1, -0.05) is 31.4 Å². The van der Waals surface area contributed by atoms with E-state index < -0.39 is 5.60 Å². The lowest BCUT2D eigenvalue weighted by Gasteiger charge is -2.32. The summed E-state index contributed by atoms with van der Waals surface area (Å²) in [5.41, 5.74) is 1.04. The summed E-state index contributed by atoms with van der Waals surface area (Å²) in [7, 11) is 0. The number of rotatable bonds is 3. The first-order valence-electron chi connectivity index (χ1n) is 10.0. The minimum Gasteiger partial charge on any atom is -0.385 e. The Balaban J connectivity index is 1.41. The predicted molar refractivity (Wildman–Crippen MR) is 98.5 cm³/mol. The van der Waals surface area contributed by atoms with E-state index in [4.69, 9.17) is 0 Å². The average Bonchev–Trinajstić information content (AvgIpc) is 3.48. The molecule has 136 valence electrons. The summed E-state index contributed by atoms with van der Waals surface area (Å²) >= 11 is 0. The maximum absolute atomic E-state index is 12.9. The van der Waals surface area contributed by atoms with Gasteiger partial charge in [0.2, 0.25) is 0 Å². The normalized spacial score (nSPS) is 24.8. The summed E-state index contributed by atoms with van der Waals surface area (Å²) in [4.78, 5) is 17.4. The van der Waals surface area contributed by atoms with E-state index in [0.29, 0.717) is 0 Å². The maximum atomic E-state index is 12.9. The molecule has 1 saturated heterocycles. The second-order valence-electron chi connectivity index (χ2n) is 8.08. The van der Waals surface area contributed by atoms with Crippen LogP contribution < -0.4 is 0 Å². The molecule has 4 heteroatoms. The van der Waals surface area contributed by atoms with Crippen molar-refractivity contribution >= 4 is 5.91 Å². The fourth-order valence-corrected chi connectivity index (χ4v) is 4.48. The van der Waals surface area contributed by atoms with Crippen LogP contribution in [0.25, 0.3) is 0 Å². The van der Waals surface area contributed by atoms with Crippen LogP contribution in [0.3, 0.4) is 0 Å². The van der Waals surface area contributed by atoms with E-state index >= 15 is 0 Å². The first-order chi connectivity index (χ1) is 12.2. The van der Waals surface area contributed by atoms with Gasteiger partial charge in [0.1, 0.15) is 0 Å². The van der Waals surface area contributed by atoms with Crippen LogP contribution in [0.1, 0.15) is 67.3 Å².